The van der Waals surface area contributed by atoms with Crippen molar-refractivity contribution in [2.45, 2.75) is 6.42 Å². The third kappa shape index (κ3) is 2.71. The Balaban J connectivity index is 2.27. The van der Waals surface area contributed by atoms with E-state index in [2.05, 4.69) is 0 Å². The lowest BCUT2D eigenvalue weighted by molar-refractivity contribution is 0.0993. The fraction of sp³-hybridized carbons (Fsp3) is 0.0714. The van der Waals surface area contributed by atoms with Gasteiger partial charge in [0.25, 0.3) is 0 Å². The van der Waals surface area contributed by atoms with Crippen LogP contribution in [-0.4, -0.2) is 5.78 Å². The van der Waals surface area contributed by atoms with Gasteiger partial charge in [-0.2, -0.15) is 0 Å². The minimum atomic E-state index is -0.527. The molecule has 0 amide bonds. The predicted molar refractivity (Wildman–Crippen MR) is 70.9 cm³/mol. The zero-order valence-electron chi connectivity index (χ0n) is 9.29. The third-order valence-corrected chi connectivity index (χ3v) is 3.31. The highest BCUT2D eigenvalue weighted by molar-refractivity contribution is 6.34. The van der Waals surface area contributed by atoms with Crippen molar-refractivity contribution in [2.75, 3.05) is 0 Å². The van der Waals surface area contributed by atoms with Crippen LogP contribution in [0.5, 0.6) is 0 Å². The normalized spacial score (nSPS) is 10.4. The fourth-order valence-electron chi connectivity index (χ4n) is 1.64. The Morgan fingerprint density at radius 1 is 1.06 bits per heavy atom. The molecule has 0 bridgehead atoms. The average Bonchev–Trinajstić information content (AvgIpc) is 2.35. The molecule has 18 heavy (non-hydrogen) atoms. The van der Waals surface area contributed by atoms with Crippen LogP contribution >= 0.6 is 23.2 Å². The summed E-state index contributed by atoms with van der Waals surface area (Å²) in [6.07, 6.45) is 0.0281. The van der Waals surface area contributed by atoms with E-state index in [4.69, 9.17) is 23.2 Å². The van der Waals surface area contributed by atoms with Crippen LogP contribution in [0.4, 0.5) is 4.39 Å². The van der Waals surface area contributed by atoms with Crippen molar-refractivity contribution in [3.8, 4) is 0 Å². The number of hydrogen-bond acceptors (Lipinski definition) is 1. The third-order valence-electron chi connectivity index (χ3n) is 2.56. The number of Topliss-reactive ketones (excluding diaryl/α,β-unsaturated/α-hetero) is 1. The van der Waals surface area contributed by atoms with Gasteiger partial charge in [-0.1, -0.05) is 47.5 Å². The molecule has 0 radical (unpaired) electrons. The molecule has 0 spiro atoms. The van der Waals surface area contributed by atoms with Gasteiger partial charge in [0.05, 0.1) is 10.0 Å². The van der Waals surface area contributed by atoms with Gasteiger partial charge in [-0.05, 0) is 23.8 Å². The van der Waals surface area contributed by atoms with E-state index in [-0.39, 0.29) is 17.2 Å². The van der Waals surface area contributed by atoms with Crippen LogP contribution in [0.2, 0.25) is 10.0 Å². The highest BCUT2D eigenvalue weighted by atomic mass is 35.5. The van der Waals surface area contributed by atoms with E-state index in [0.717, 1.165) is 0 Å². The molecule has 0 aromatic heterocycles. The smallest absolute Gasteiger partial charge is 0.168 e. The van der Waals surface area contributed by atoms with E-state index < -0.39 is 5.82 Å². The van der Waals surface area contributed by atoms with Gasteiger partial charge in [0.15, 0.2) is 5.78 Å². The average molecular weight is 283 g/mol. The van der Waals surface area contributed by atoms with Crippen molar-refractivity contribution in [1.82, 2.24) is 0 Å². The molecule has 2 aromatic carbocycles. The van der Waals surface area contributed by atoms with Gasteiger partial charge in [0.2, 0.25) is 0 Å². The number of carbonyl (C=O) groups excluding carboxylic acids is 1. The fourth-order valence-corrected chi connectivity index (χ4v) is 2.07. The summed E-state index contributed by atoms with van der Waals surface area (Å²) in [4.78, 5) is 12.0. The Bertz CT molecular complexity index is 596. The Hall–Kier alpha value is -1.38. The number of carbonyl (C=O) groups is 1. The molecule has 0 N–H and O–H groups in total. The summed E-state index contributed by atoms with van der Waals surface area (Å²) >= 11 is 11.7. The first-order valence-electron chi connectivity index (χ1n) is 5.30. The van der Waals surface area contributed by atoms with E-state index >= 15 is 0 Å². The summed E-state index contributed by atoms with van der Waals surface area (Å²) in [5.41, 5.74) is 0.876. The summed E-state index contributed by atoms with van der Waals surface area (Å²) < 4.78 is 13.2. The molecule has 92 valence electrons. The van der Waals surface area contributed by atoms with Crippen LogP contribution in [0.1, 0.15) is 15.9 Å². The van der Waals surface area contributed by atoms with Gasteiger partial charge in [0.1, 0.15) is 5.82 Å². The molecule has 0 aliphatic heterocycles. The Morgan fingerprint density at radius 2 is 1.78 bits per heavy atom. The van der Waals surface area contributed by atoms with Gasteiger partial charge in [0, 0.05) is 12.0 Å². The number of hydrogen-bond donors (Lipinski definition) is 0. The molecule has 0 fully saturated rings. The van der Waals surface area contributed by atoms with Gasteiger partial charge in [-0.3, -0.25) is 4.79 Å². The first-order valence-corrected chi connectivity index (χ1v) is 6.06. The molecule has 0 saturated heterocycles. The van der Waals surface area contributed by atoms with E-state index in [0.29, 0.717) is 16.1 Å². The van der Waals surface area contributed by atoms with Crippen molar-refractivity contribution in [3.05, 3.63) is 69.5 Å². The monoisotopic (exact) mass is 282 g/mol. The zero-order chi connectivity index (χ0) is 13.1. The predicted octanol–water partition coefficient (Wildman–Crippen LogP) is 4.56. The molecule has 2 aromatic rings. The molecule has 0 atom stereocenters. The van der Waals surface area contributed by atoms with Gasteiger partial charge in [-0.15, -0.1) is 0 Å². The summed E-state index contributed by atoms with van der Waals surface area (Å²) in [5.74, 6) is -0.714. The second-order valence-electron chi connectivity index (χ2n) is 3.79. The van der Waals surface area contributed by atoms with Gasteiger partial charge in [-0.25, -0.2) is 4.39 Å². The van der Waals surface area contributed by atoms with Crippen molar-refractivity contribution >= 4 is 29.0 Å². The lowest BCUT2D eigenvalue weighted by atomic mass is 10.0. The molecule has 4 heteroatoms. The van der Waals surface area contributed by atoms with E-state index in [1.807, 2.05) is 0 Å². The maximum atomic E-state index is 13.2. The number of ketones is 1. The molecule has 0 heterocycles. The van der Waals surface area contributed by atoms with Crippen LogP contribution in [-0.2, 0) is 6.42 Å². The lowest BCUT2D eigenvalue weighted by Crippen LogP contribution is -2.05. The van der Waals surface area contributed by atoms with Gasteiger partial charge < -0.3 is 0 Å². The topological polar surface area (TPSA) is 17.1 Å². The standard InChI is InChI=1S/C14H9Cl2FO/c15-11-6-2-1-5-10(11)13(18)8-9-4-3-7-12(17)14(9)16/h1-7H,8H2. The summed E-state index contributed by atoms with van der Waals surface area (Å²) in [7, 11) is 0. The maximum Gasteiger partial charge on any atom is 0.168 e. The molecule has 0 aliphatic rings. The molecule has 0 aliphatic carbocycles. The minimum Gasteiger partial charge on any atom is -0.294 e. The maximum absolute atomic E-state index is 13.2. The van der Waals surface area contributed by atoms with Crippen molar-refractivity contribution in [1.29, 1.82) is 0 Å². The molecule has 1 nitrogen and oxygen atoms in total. The van der Waals surface area contributed by atoms with E-state index in [1.54, 1.807) is 30.3 Å². The Labute approximate surface area is 114 Å². The highest BCUT2D eigenvalue weighted by Crippen LogP contribution is 2.23. The lowest BCUT2D eigenvalue weighted by Gasteiger charge is -2.05. The second-order valence-corrected chi connectivity index (χ2v) is 4.58. The molecular weight excluding hydrogens is 274 g/mol. The van der Waals surface area contributed by atoms with E-state index in [1.165, 1.54) is 12.1 Å². The zero-order valence-corrected chi connectivity index (χ0v) is 10.8. The second kappa shape index (κ2) is 5.51. The summed E-state index contributed by atoms with van der Waals surface area (Å²) in [5, 5.41) is 0.368. The van der Waals surface area contributed by atoms with Crippen LogP contribution in [0, 0.1) is 5.82 Å². The number of halogens is 3. The van der Waals surface area contributed by atoms with Crippen LogP contribution < -0.4 is 0 Å². The summed E-state index contributed by atoms with van der Waals surface area (Å²) in [6, 6.07) is 11.2. The highest BCUT2D eigenvalue weighted by Gasteiger charge is 2.13. The Kier molecular flexibility index (Phi) is 4.00. The largest absolute Gasteiger partial charge is 0.294 e. The van der Waals surface area contributed by atoms with Gasteiger partial charge >= 0.3 is 0 Å². The Morgan fingerprint density at radius 3 is 2.50 bits per heavy atom. The number of benzene rings is 2. The van der Waals surface area contributed by atoms with E-state index in [9.17, 15) is 9.18 Å². The molecule has 2 rings (SSSR count). The first-order chi connectivity index (χ1) is 8.59. The van der Waals surface area contributed by atoms with Crippen LogP contribution in [0.15, 0.2) is 42.5 Å². The van der Waals surface area contributed by atoms with Crippen molar-refractivity contribution in [3.63, 3.8) is 0 Å². The van der Waals surface area contributed by atoms with Crippen molar-refractivity contribution in [2.24, 2.45) is 0 Å². The van der Waals surface area contributed by atoms with Crippen LogP contribution in [0.25, 0.3) is 0 Å². The molecular formula is C14H9Cl2FO. The summed E-state index contributed by atoms with van der Waals surface area (Å²) in [6.45, 7) is 0. The number of rotatable bonds is 3. The first kappa shape index (κ1) is 13.1. The molecule has 0 unspecified atom stereocenters. The molecule has 0 saturated carbocycles. The van der Waals surface area contributed by atoms with Crippen molar-refractivity contribution < 1.29 is 9.18 Å². The minimum absolute atomic E-state index is 0.0158. The van der Waals surface area contributed by atoms with Crippen LogP contribution in [0.3, 0.4) is 0 Å². The quantitative estimate of drug-likeness (QED) is 0.755. The SMILES string of the molecule is O=C(Cc1cccc(F)c1Cl)c1ccccc1Cl.